The lowest BCUT2D eigenvalue weighted by atomic mass is 10.1. The molecule has 0 spiro atoms. The number of nitrogens with one attached hydrogen (secondary N) is 1. The Kier molecular flexibility index (Phi) is 5.20. The zero-order valence-electron chi connectivity index (χ0n) is 11.1. The van der Waals surface area contributed by atoms with Crippen molar-refractivity contribution in [2.75, 3.05) is 0 Å². The molecule has 106 valence electrons. The van der Waals surface area contributed by atoms with Gasteiger partial charge < -0.3 is 5.32 Å². The molecule has 5 heteroatoms. The normalized spacial score (nSPS) is 12.2. The van der Waals surface area contributed by atoms with Gasteiger partial charge in [-0.3, -0.25) is 4.79 Å². The SMILES string of the molecule is CCCC(NC(=O)c1ccc(F)c(S)c1)c1cccs1. The third-order valence-corrected chi connectivity index (χ3v) is 4.31. The van der Waals surface area contributed by atoms with Gasteiger partial charge in [0.25, 0.3) is 5.91 Å². The Morgan fingerprint density at radius 2 is 2.25 bits per heavy atom. The van der Waals surface area contributed by atoms with E-state index in [1.54, 1.807) is 11.3 Å². The van der Waals surface area contributed by atoms with Crippen LogP contribution in [0.2, 0.25) is 0 Å². The molecule has 0 saturated carbocycles. The Bertz CT molecular complexity index is 584. The summed E-state index contributed by atoms with van der Waals surface area (Å²) in [5.74, 6) is -0.625. The molecule has 0 aliphatic heterocycles. The van der Waals surface area contributed by atoms with Crippen LogP contribution in [0.3, 0.4) is 0 Å². The van der Waals surface area contributed by atoms with Crippen LogP contribution in [0, 0.1) is 5.82 Å². The van der Waals surface area contributed by atoms with Crippen molar-refractivity contribution in [2.24, 2.45) is 0 Å². The number of benzene rings is 1. The topological polar surface area (TPSA) is 29.1 Å². The molecule has 20 heavy (non-hydrogen) atoms. The van der Waals surface area contributed by atoms with Crippen molar-refractivity contribution in [3.63, 3.8) is 0 Å². The molecule has 1 atom stereocenters. The van der Waals surface area contributed by atoms with E-state index in [1.165, 1.54) is 18.2 Å². The van der Waals surface area contributed by atoms with Crippen LogP contribution in [0.15, 0.2) is 40.6 Å². The summed E-state index contributed by atoms with van der Waals surface area (Å²) in [6, 6.07) is 8.17. The summed E-state index contributed by atoms with van der Waals surface area (Å²) in [6.45, 7) is 2.08. The molecular formula is C15H16FNOS2. The second-order valence-electron chi connectivity index (χ2n) is 4.50. The molecule has 2 nitrogen and oxygen atoms in total. The molecule has 0 aliphatic rings. The van der Waals surface area contributed by atoms with Crippen molar-refractivity contribution in [1.29, 1.82) is 0 Å². The van der Waals surface area contributed by atoms with Gasteiger partial charge in [-0.05, 0) is 36.1 Å². The summed E-state index contributed by atoms with van der Waals surface area (Å²) >= 11 is 5.62. The number of thiophene rings is 1. The lowest BCUT2D eigenvalue weighted by Gasteiger charge is -2.17. The maximum atomic E-state index is 13.2. The van der Waals surface area contributed by atoms with Crippen molar-refractivity contribution < 1.29 is 9.18 Å². The van der Waals surface area contributed by atoms with Crippen LogP contribution >= 0.6 is 24.0 Å². The van der Waals surface area contributed by atoms with E-state index in [0.29, 0.717) is 5.56 Å². The van der Waals surface area contributed by atoms with Crippen LogP contribution < -0.4 is 5.32 Å². The van der Waals surface area contributed by atoms with Crippen LogP contribution in [0.25, 0.3) is 0 Å². The van der Waals surface area contributed by atoms with E-state index in [2.05, 4.69) is 24.9 Å². The molecule has 2 rings (SSSR count). The summed E-state index contributed by atoms with van der Waals surface area (Å²) in [5.41, 5.74) is 0.425. The molecule has 1 N–H and O–H groups in total. The quantitative estimate of drug-likeness (QED) is 0.785. The van der Waals surface area contributed by atoms with Gasteiger partial charge in [0.2, 0.25) is 0 Å². The van der Waals surface area contributed by atoms with Crippen molar-refractivity contribution in [3.8, 4) is 0 Å². The van der Waals surface area contributed by atoms with Crippen LogP contribution in [0.1, 0.15) is 41.0 Å². The largest absolute Gasteiger partial charge is 0.344 e. The summed E-state index contributed by atoms with van der Waals surface area (Å²) in [7, 11) is 0. The molecule has 0 aliphatic carbocycles. The molecule has 2 aromatic rings. The smallest absolute Gasteiger partial charge is 0.251 e. The summed E-state index contributed by atoms with van der Waals surface area (Å²) < 4.78 is 13.2. The predicted octanol–water partition coefficient (Wildman–Crippen LogP) is 4.45. The van der Waals surface area contributed by atoms with Gasteiger partial charge in [-0.2, -0.15) is 0 Å². The summed E-state index contributed by atoms with van der Waals surface area (Å²) in [4.78, 5) is 13.5. The molecule has 0 bridgehead atoms. The fraction of sp³-hybridized carbons (Fsp3) is 0.267. The van der Waals surface area contributed by atoms with E-state index in [0.717, 1.165) is 17.7 Å². The van der Waals surface area contributed by atoms with Gasteiger partial charge in [0.15, 0.2) is 0 Å². The first-order valence-electron chi connectivity index (χ1n) is 6.44. The zero-order chi connectivity index (χ0) is 14.5. The number of halogens is 1. The first kappa shape index (κ1) is 15.1. The highest BCUT2D eigenvalue weighted by Crippen LogP contribution is 2.24. The van der Waals surface area contributed by atoms with E-state index < -0.39 is 5.82 Å². The number of rotatable bonds is 5. The Balaban J connectivity index is 2.13. The zero-order valence-corrected chi connectivity index (χ0v) is 12.8. The number of thiol groups is 1. The minimum atomic E-state index is -0.423. The number of amides is 1. The molecule has 1 heterocycles. The van der Waals surface area contributed by atoms with Crippen LogP contribution in [0.4, 0.5) is 4.39 Å². The highest BCUT2D eigenvalue weighted by Gasteiger charge is 2.16. The molecule has 0 fully saturated rings. The van der Waals surface area contributed by atoms with Crippen molar-refractivity contribution in [2.45, 2.75) is 30.7 Å². The van der Waals surface area contributed by atoms with Gasteiger partial charge in [0.1, 0.15) is 5.82 Å². The van der Waals surface area contributed by atoms with Crippen molar-refractivity contribution >= 4 is 29.9 Å². The molecule has 0 radical (unpaired) electrons. The van der Waals surface area contributed by atoms with Gasteiger partial charge in [0, 0.05) is 15.3 Å². The minimum absolute atomic E-state index is 0.000852. The Morgan fingerprint density at radius 1 is 1.45 bits per heavy atom. The number of carbonyl (C=O) groups excluding carboxylic acids is 1. The Hall–Kier alpha value is -1.33. The summed E-state index contributed by atoms with van der Waals surface area (Å²) in [6.07, 6.45) is 1.85. The van der Waals surface area contributed by atoms with Gasteiger partial charge in [-0.15, -0.1) is 24.0 Å². The number of carbonyl (C=O) groups is 1. The second kappa shape index (κ2) is 6.90. The molecule has 1 amide bonds. The fourth-order valence-electron chi connectivity index (χ4n) is 1.96. The second-order valence-corrected chi connectivity index (χ2v) is 5.96. The van der Waals surface area contributed by atoms with Crippen molar-refractivity contribution in [3.05, 3.63) is 52.0 Å². The van der Waals surface area contributed by atoms with Gasteiger partial charge >= 0.3 is 0 Å². The van der Waals surface area contributed by atoms with Gasteiger partial charge in [0.05, 0.1) is 6.04 Å². The molecular weight excluding hydrogens is 293 g/mol. The highest BCUT2D eigenvalue weighted by molar-refractivity contribution is 7.80. The van der Waals surface area contributed by atoms with E-state index >= 15 is 0 Å². The third-order valence-electron chi connectivity index (χ3n) is 2.98. The van der Waals surface area contributed by atoms with Crippen LogP contribution in [0.5, 0.6) is 0 Å². The van der Waals surface area contributed by atoms with Gasteiger partial charge in [-0.1, -0.05) is 19.4 Å². The van der Waals surface area contributed by atoms with Crippen LogP contribution in [-0.4, -0.2) is 5.91 Å². The average molecular weight is 309 g/mol. The van der Waals surface area contributed by atoms with E-state index in [-0.39, 0.29) is 16.8 Å². The fourth-order valence-corrected chi connectivity index (χ4v) is 2.99. The van der Waals surface area contributed by atoms with Crippen molar-refractivity contribution in [1.82, 2.24) is 5.32 Å². The van der Waals surface area contributed by atoms with E-state index in [4.69, 9.17) is 0 Å². The monoisotopic (exact) mass is 309 g/mol. The predicted molar refractivity (Wildman–Crippen MR) is 83.1 cm³/mol. The first-order chi connectivity index (χ1) is 9.61. The minimum Gasteiger partial charge on any atom is -0.344 e. The molecule has 1 aromatic carbocycles. The molecule has 1 aromatic heterocycles. The van der Waals surface area contributed by atoms with E-state index in [9.17, 15) is 9.18 Å². The lowest BCUT2D eigenvalue weighted by Crippen LogP contribution is -2.28. The van der Waals surface area contributed by atoms with Gasteiger partial charge in [-0.25, -0.2) is 4.39 Å². The Labute approximate surface area is 127 Å². The number of hydrogen-bond donors (Lipinski definition) is 2. The number of hydrogen-bond acceptors (Lipinski definition) is 3. The molecule has 0 saturated heterocycles. The maximum absolute atomic E-state index is 13.2. The lowest BCUT2D eigenvalue weighted by molar-refractivity contribution is 0.0935. The Morgan fingerprint density at radius 3 is 2.85 bits per heavy atom. The third kappa shape index (κ3) is 3.61. The van der Waals surface area contributed by atoms with Crippen LogP contribution in [-0.2, 0) is 0 Å². The maximum Gasteiger partial charge on any atom is 0.251 e. The molecule has 1 unspecified atom stereocenters. The summed E-state index contributed by atoms with van der Waals surface area (Å²) in [5, 5.41) is 4.99. The van der Waals surface area contributed by atoms with E-state index in [1.807, 2.05) is 17.5 Å². The highest BCUT2D eigenvalue weighted by atomic mass is 32.1. The standard InChI is InChI=1S/C15H16FNOS2/c1-2-4-12(14-5-3-8-20-14)17-15(18)10-6-7-11(16)13(19)9-10/h3,5-9,12,19H,2,4H2,1H3,(H,17,18). The average Bonchev–Trinajstić information content (AvgIpc) is 2.95. The first-order valence-corrected chi connectivity index (χ1v) is 7.77.